The number of aromatic hydroxyl groups is 1. The van der Waals surface area contributed by atoms with E-state index in [-0.39, 0.29) is 5.75 Å². The normalized spacial score (nSPS) is 26.9. The van der Waals surface area contributed by atoms with Crippen LogP contribution >= 0.6 is 0 Å². The van der Waals surface area contributed by atoms with Crippen LogP contribution in [0.4, 0.5) is 10.2 Å². The van der Waals surface area contributed by atoms with Gasteiger partial charge in [0, 0.05) is 30.4 Å². The van der Waals surface area contributed by atoms with Crippen molar-refractivity contribution in [2.75, 3.05) is 11.9 Å². The lowest BCUT2D eigenvalue weighted by Gasteiger charge is -2.44. The van der Waals surface area contributed by atoms with Crippen molar-refractivity contribution in [1.29, 1.82) is 0 Å². The first-order valence-corrected chi connectivity index (χ1v) is 11.3. The smallest absolute Gasteiger partial charge is 0.181 e. The van der Waals surface area contributed by atoms with Crippen molar-refractivity contribution in [3.05, 3.63) is 42.7 Å². The van der Waals surface area contributed by atoms with Gasteiger partial charge >= 0.3 is 0 Å². The molecule has 0 aliphatic heterocycles. The van der Waals surface area contributed by atoms with Crippen LogP contribution in [-0.2, 0) is 6.80 Å². The number of alkyl halides is 1. The van der Waals surface area contributed by atoms with E-state index in [4.69, 9.17) is 0 Å². The minimum absolute atomic E-state index is 0.107. The van der Waals surface area contributed by atoms with Crippen LogP contribution in [-0.4, -0.2) is 38.2 Å². The molecular formula is C25H30FN5O. The molecule has 6 nitrogen and oxygen atoms in total. The average molecular weight is 436 g/mol. The van der Waals surface area contributed by atoms with E-state index in [0.29, 0.717) is 28.1 Å². The zero-order valence-corrected chi connectivity index (χ0v) is 18.9. The number of rotatable bonds is 5. The summed E-state index contributed by atoms with van der Waals surface area (Å²) in [4.78, 5) is 2.28. The molecule has 7 heteroatoms. The third-order valence-electron chi connectivity index (χ3n) is 7.56. The van der Waals surface area contributed by atoms with E-state index >= 15 is 0 Å². The number of fused-ring (bicyclic) bond motifs is 2. The Balaban J connectivity index is 1.34. The maximum Gasteiger partial charge on any atom is 0.181 e. The fraction of sp³-hybridized carbons (Fsp3) is 0.480. The highest BCUT2D eigenvalue weighted by Crippen LogP contribution is 2.58. The number of anilines is 1. The molecule has 3 aromatic rings. The minimum Gasteiger partial charge on any atom is -0.507 e. The van der Waals surface area contributed by atoms with E-state index in [2.05, 4.69) is 41.1 Å². The molecule has 2 fully saturated rings. The third kappa shape index (κ3) is 3.74. The second kappa shape index (κ2) is 7.57. The standard InChI is InChI=1S/C25H30FN5O/c1-24-8-9-25(2,15-24)12-19(11-24)30(3)23-7-6-21(28-29-23)20-5-4-17(10-22(20)32)18-13-27-31(14-18)16-26/h4-7,10,13-14,19,32H,8-9,11-12,15-16H2,1-3H3/t19?,24-,25+. The first-order chi connectivity index (χ1) is 15.3. The van der Waals surface area contributed by atoms with Crippen LogP contribution in [0.25, 0.3) is 22.4 Å². The lowest BCUT2D eigenvalue weighted by Crippen LogP contribution is -2.42. The first-order valence-electron chi connectivity index (χ1n) is 11.3. The van der Waals surface area contributed by atoms with Gasteiger partial charge in [-0.2, -0.15) is 5.10 Å². The fourth-order valence-corrected chi connectivity index (χ4v) is 5.99. The van der Waals surface area contributed by atoms with Gasteiger partial charge in [0.1, 0.15) is 5.75 Å². The van der Waals surface area contributed by atoms with Gasteiger partial charge in [-0.15, -0.1) is 10.2 Å². The van der Waals surface area contributed by atoms with Gasteiger partial charge < -0.3 is 10.0 Å². The van der Waals surface area contributed by atoms with Crippen molar-refractivity contribution < 1.29 is 9.50 Å². The molecule has 1 aromatic carbocycles. The van der Waals surface area contributed by atoms with E-state index in [0.717, 1.165) is 16.9 Å². The molecule has 0 spiro atoms. The van der Waals surface area contributed by atoms with Crippen LogP contribution in [0.2, 0.25) is 0 Å². The molecule has 1 unspecified atom stereocenters. The Morgan fingerprint density at radius 2 is 1.84 bits per heavy atom. The van der Waals surface area contributed by atoms with Gasteiger partial charge in [-0.05, 0) is 72.8 Å². The number of hydrogen-bond acceptors (Lipinski definition) is 5. The van der Waals surface area contributed by atoms with Gasteiger partial charge in [0.15, 0.2) is 12.6 Å². The topological polar surface area (TPSA) is 67.1 Å². The molecule has 2 aliphatic carbocycles. The minimum atomic E-state index is -0.681. The molecule has 0 radical (unpaired) electrons. The van der Waals surface area contributed by atoms with Crippen molar-refractivity contribution in [3.8, 4) is 28.1 Å². The second-order valence-corrected chi connectivity index (χ2v) is 10.4. The maximum absolute atomic E-state index is 12.7. The monoisotopic (exact) mass is 435 g/mol. The summed E-state index contributed by atoms with van der Waals surface area (Å²) in [5.74, 6) is 0.970. The van der Waals surface area contributed by atoms with Crippen molar-refractivity contribution >= 4 is 5.82 Å². The van der Waals surface area contributed by atoms with E-state index in [1.165, 1.54) is 36.8 Å². The van der Waals surface area contributed by atoms with Crippen LogP contribution < -0.4 is 4.90 Å². The summed E-state index contributed by atoms with van der Waals surface area (Å²) in [6.45, 7) is 4.18. The number of nitrogens with zero attached hydrogens (tertiary/aromatic N) is 5. The number of halogens is 1. The Hall–Kier alpha value is -2.96. The molecule has 2 bridgehead atoms. The zero-order chi connectivity index (χ0) is 22.5. The molecule has 2 aliphatic rings. The summed E-state index contributed by atoms with van der Waals surface area (Å²) in [6, 6.07) is 9.70. The number of phenolic OH excluding ortho intramolecular Hbond substituents is 1. The highest BCUT2D eigenvalue weighted by Gasteiger charge is 2.49. The zero-order valence-electron chi connectivity index (χ0n) is 18.9. The van der Waals surface area contributed by atoms with Gasteiger partial charge in [0.2, 0.25) is 0 Å². The molecule has 32 heavy (non-hydrogen) atoms. The largest absolute Gasteiger partial charge is 0.507 e. The van der Waals surface area contributed by atoms with E-state index < -0.39 is 6.80 Å². The van der Waals surface area contributed by atoms with Crippen LogP contribution in [0.15, 0.2) is 42.7 Å². The molecule has 0 amide bonds. The lowest BCUT2D eigenvalue weighted by atomic mass is 9.68. The van der Waals surface area contributed by atoms with Crippen LogP contribution in [0.5, 0.6) is 5.75 Å². The third-order valence-corrected chi connectivity index (χ3v) is 7.56. The molecule has 168 valence electrons. The molecule has 5 rings (SSSR count). The Labute approximate surface area is 188 Å². The Morgan fingerprint density at radius 3 is 2.44 bits per heavy atom. The van der Waals surface area contributed by atoms with Crippen LogP contribution in [0.1, 0.15) is 46.0 Å². The summed E-state index contributed by atoms with van der Waals surface area (Å²) in [7, 11) is 2.12. The van der Waals surface area contributed by atoms with Crippen LogP contribution in [0, 0.1) is 10.8 Å². The average Bonchev–Trinajstić information content (AvgIpc) is 3.34. The predicted octanol–water partition coefficient (Wildman–Crippen LogP) is 5.43. The maximum atomic E-state index is 12.7. The van der Waals surface area contributed by atoms with Crippen molar-refractivity contribution in [2.45, 2.75) is 58.8 Å². The quantitative estimate of drug-likeness (QED) is 0.578. The highest BCUT2D eigenvalue weighted by atomic mass is 19.1. The van der Waals surface area contributed by atoms with Gasteiger partial charge in [-0.3, -0.25) is 0 Å². The van der Waals surface area contributed by atoms with Crippen molar-refractivity contribution in [3.63, 3.8) is 0 Å². The summed E-state index contributed by atoms with van der Waals surface area (Å²) >= 11 is 0. The first kappa shape index (κ1) is 20.9. The Morgan fingerprint density at radius 1 is 1.09 bits per heavy atom. The van der Waals surface area contributed by atoms with E-state index in [1.807, 2.05) is 24.3 Å². The summed E-state index contributed by atoms with van der Waals surface area (Å²) < 4.78 is 13.9. The van der Waals surface area contributed by atoms with Crippen LogP contribution in [0.3, 0.4) is 0 Å². The highest BCUT2D eigenvalue weighted by molar-refractivity contribution is 5.73. The summed E-state index contributed by atoms with van der Waals surface area (Å²) in [5.41, 5.74) is 3.62. The van der Waals surface area contributed by atoms with Gasteiger partial charge in [-0.1, -0.05) is 19.9 Å². The van der Waals surface area contributed by atoms with Crippen molar-refractivity contribution in [1.82, 2.24) is 20.0 Å². The second-order valence-electron chi connectivity index (χ2n) is 10.4. The molecule has 2 aromatic heterocycles. The number of aromatic nitrogens is 4. The molecule has 2 heterocycles. The Bertz CT molecular complexity index is 1110. The summed E-state index contributed by atoms with van der Waals surface area (Å²) in [5, 5.41) is 23.4. The number of hydrogen-bond donors (Lipinski definition) is 1. The van der Waals surface area contributed by atoms with Gasteiger partial charge in [0.25, 0.3) is 0 Å². The van der Waals surface area contributed by atoms with Crippen molar-refractivity contribution in [2.24, 2.45) is 10.8 Å². The van der Waals surface area contributed by atoms with Gasteiger partial charge in [-0.25, -0.2) is 9.07 Å². The van der Waals surface area contributed by atoms with E-state index in [1.54, 1.807) is 18.5 Å². The SMILES string of the molecule is CN(c1ccc(-c2ccc(-c3cnn(CF)c3)cc2O)nn1)C1C[C@]2(C)CC[C@](C)(C1)C2. The lowest BCUT2D eigenvalue weighted by molar-refractivity contribution is 0.148. The summed E-state index contributed by atoms with van der Waals surface area (Å²) in [6.07, 6.45) is 9.56. The predicted molar refractivity (Wildman–Crippen MR) is 123 cm³/mol. The van der Waals surface area contributed by atoms with E-state index in [9.17, 15) is 9.50 Å². The Kier molecular flexibility index (Phi) is 4.95. The van der Waals surface area contributed by atoms with Gasteiger partial charge in [0.05, 0.1) is 11.9 Å². The number of benzene rings is 1. The molecule has 2 saturated carbocycles. The fourth-order valence-electron chi connectivity index (χ4n) is 5.99. The number of phenols is 1. The molecule has 3 atom stereocenters. The molecule has 0 saturated heterocycles. The molecular weight excluding hydrogens is 405 g/mol. The molecule has 1 N–H and O–H groups in total.